The Hall–Kier alpha value is -2.73. The van der Waals surface area contributed by atoms with E-state index in [1.807, 2.05) is 22.8 Å². The highest BCUT2D eigenvalue weighted by Crippen LogP contribution is 2.23. The summed E-state index contributed by atoms with van der Waals surface area (Å²) >= 11 is 1.42. The number of aromatic nitrogens is 1. The number of rotatable bonds is 5. The molecule has 6 heteroatoms. The summed E-state index contributed by atoms with van der Waals surface area (Å²) in [5.41, 5.74) is 1.70. The lowest BCUT2D eigenvalue weighted by atomic mass is 10.1. The zero-order valence-electron chi connectivity index (χ0n) is 13.7. The van der Waals surface area contributed by atoms with Gasteiger partial charge in [0.2, 0.25) is 0 Å². The molecule has 1 heterocycles. The number of carbonyl (C=O) groups excluding carboxylic acids is 1. The van der Waals surface area contributed by atoms with Gasteiger partial charge in [-0.3, -0.25) is 4.79 Å². The van der Waals surface area contributed by atoms with Crippen LogP contribution in [0.4, 0.5) is 4.39 Å². The minimum atomic E-state index is -0.324. The van der Waals surface area contributed by atoms with Gasteiger partial charge in [0.15, 0.2) is 4.80 Å². The van der Waals surface area contributed by atoms with Crippen LogP contribution in [0.15, 0.2) is 60.1 Å². The fourth-order valence-corrected chi connectivity index (χ4v) is 3.58. The maximum atomic E-state index is 13.0. The van der Waals surface area contributed by atoms with Gasteiger partial charge in [-0.2, -0.15) is 4.99 Å². The van der Waals surface area contributed by atoms with Crippen LogP contribution in [0.25, 0.3) is 10.2 Å². The Labute approximate surface area is 148 Å². The van der Waals surface area contributed by atoms with Crippen molar-refractivity contribution in [3.63, 3.8) is 0 Å². The third-order valence-electron chi connectivity index (χ3n) is 3.69. The first-order valence-electron chi connectivity index (χ1n) is 7.71. The van der Waals surface area contributed by atoms with Gasteiger partial charge >= 0.3 is 0 Å². The number of methoxy groups -OCH3 is 1. The first-order valence-corrected chi connectivity index (χ1v) is 8.52. The second-order valence-corrected chi connectivity index (χ2v) is 6.44. The lowest BCUT2D eigenvalue weighted by molar-refractivity contribution is -0.117. The molecule has 1 amide bonds. The van der Waals surface area contributed by atoms with E-state index in [0.717, 1.165) is 21.5 Å². The fraction of sp³-hybridized carbons (Fsp3) is 0.158. The molecule has 128 valence electrons. The summed E-state index contributed by atoms with van der Waals surface area (Å²) in [6.45, 7) is 4.32. The standard InChI is InChI=1S/C19H17FN2O2S/c1-3-10-22-16-9-8-15(24-2)12-17(16)25-19(22)21-18(23)11-13-4-6-14(20)7-5-13/h3-9,12H,1,10-11H2,2H3. The molecule has 0 spiro atoms. The summed E-state index contributed by atoms with van der Waals surface area (Å²) in [5, 5.41) is 0. The van der Waals surface area contributed by atoms with Crippen LogP contribution < -0.4 is 9.54 Å². The molecule has 3 aromatic rings. The molecule has 0 saturated carbocycles. The highest BCUT2D eigenvalue weighted by atomic mass is 32.1. The molecule has 0 aliphatic heterocycles. The van der Waals surface area contributed by atoms with Crippen LogP contribution in [-0.4, -0.2) is 17.6 Å². The molecule has 0 atom stereocenters. The first kappa shape index (κ1) is 17.1. The zero-order chi connectivity index (χ0) is 17.8. The van der Waals surface area contributed by atoms with Crippen LogP contribution in [0, 0.1) is 5.82 Å². The lowest BCUT2D eigenvalue weighted by Gasteiger charge is -2.02. The SMILES string of the molecule is C=CCn1c(=NC(=O)Cc2ccc(F)cc2)sc2cc(OC)ccc21. The Morgan fingerprint density at radius 3 is 2.76 bits per heavy atom. The molecule has 0 N–H and O–H groups in total. The van der Waals surface area contributed by atoms with E-state index in [-0.39, 0.29) is 18.1 Å². The number of ether oxygens (including phenoxy) is 1. The van der Waals surface area contributed by atoms with E-state index in [1.54, 1.807) is 25.3 Å². The number of halogens is 1. The zero-order valence-corrected chi connectivity index (χ0v) is 14.6. The smallest absolute Gasteiger partial charge is 0.252 e. The fourth-order valence-electron chi connectivity index (χ4n) is 2.49. The van der Waals surface area contributed by atoms with E-state index >= 15 is 0 Å². The van der Waals surface area contributed by atoms with E-state index in [2.05, 4.69) is 11.6 Å². The number of nitrogens with zero attached hydrogens (tertiary/aromatic N) is 2. The van der Waals surface area contributed by atoms with Crippen LogP contribution in [0.1, 0.15) is 5.56 Å². The molecule has 0 aliphatic carbocycles. The second kappa shape index (κ2) is 7.44. The summed E-state index contributed by atoms with van der Waals surface area (Å²) in [5.74, 6) is 0.155. The molecule has 2 aromatic carbocycles. The van der Waals surface area contributed by atoms with Gasteiger partial charge < -0.3 is 9.30 Å². The molecule has 1 aromatic heterocycles. The first-order chi connectivity index (χ1) is 12.1. The van der Waals surface area contributed by atoms with Crippen LogP contribution in [0.3, 0.4) is 0 Å². The highest BCUT2D eigenvalue weighted by Gasteiger charge is 2.09. The van der Waals surface area contributed by atoms with Crippen molar-refractivity contribution in [3.05, 3.63) is 71.3 Å². The number of thiazole rings is 1. The number of amides is 1. The number of hydrogen-bond acceptors (Lipinski definition) is 3. The van der Waals surface area contributed by atoms with Gasteiger partial charge in [0.05, 0.1) is 23.7 Å². The monoisotopic (exact) mass is 356 g/mol. The van der Waals surface area contributed by atoms with Crippen LogP contribution in [0.2, 0.25) is 0 Å². The normalized spacial score (nSPS) is 11.7. The topological polar surface area (TPSA) is 43.6 Å². The molecule has 4 nitrogen and oxygen atoms in total. The van der Waals surface area contributed by atoms with Gasteiger partial charge in [0.1, 0.15) is 11.6 Å². The lowest BCUT2D eigenvalue weighted by Crippen LogP contribution is -2.16. The summed E-state index contributed by atoms with van der Waals surface area (Å²) in [6.07, 6.45) is 1.89. The average molecular weight is 356 g/mol. The minimum absolute atomic E-state index is 0.131. The molecule has 25 heavy (non-hydrogen) atoms. The maximum absolute atomic E-state index is 13.0. The number of benzene rings is 2. The van der Waals surface area contributed by atoms with Crippen molar-refractivity contribution >= 4 is 27.5 Å². The quantitative estimate of drug-likeness (QED) is 0.654. The van der Waals surface area contributed by atoms with Gasteiger partial charge in [-0.15, -0.1) is 6.58 Å². The molecular weight excluding hydrogens is 339 g/mol. The van der Waals surface area contributed by atoms with Crippen molar-refractivity contribution < 1.29 is 13.9 Å². The summed E-state index contributed by atoms with van der Waals surface area (Å²) in [7, 11) is 1.62. The molecule has 0 fully saturated rings. The van der Waals surface area contributed by atoms with E-state index in [1.165, 1.54) is 23.5 Å². The Bertz CT molecular complexity index is 987. The molecule has 0 aliphatic rings. The van der Waals surface area contributed by atoms with Gasteiger partial charge in [-0.05, 0) is 35.9 Å². The third kappa shape index (κ3) is 3.85. The Kier molecular flexibility index (Phi) is 5.09. The predicted octanol–water partition coefficient (Wildman–Crippen LogP) is 3.71. The summed E-state index contributed by atoms with van der Waals surface area (Å²) in [4.78, 5) is 17.2. The summed E-state index contributed by atoms with van der Waals surface area (Å²) < 4.78 is 21.1. The van der Waals surface area contributed by atoms with Gasteiger partial charge in [-0.25, -0.2) is 4.39 Å². The molecule has 0 unspecified atom stereocenters. The number of allylic oxidation sites excluding steroid dienone is 1. The van der Waals surface area contributed by atoms with Crippen LogP contribution in [0.5, 0.6) is 5.75 Å². The molecule has 0 radical (unpaired) electrons. The average Bonchev–Trinajstić information content (AvgIpc) is 2.93. The van der Waals surface area contributed by atoms with Crippen LogP contribution in [-0.2, 0) is 17.8 Å². The van der Waals surface area contributed by atoms with Crippen molar-refractivity contribution in [3.8, 4) is 5.75 Å². The maximum Gasteiger partial charge on any atom is 0.252 e. The van der Waals surface area contributed by atoms with E-state index in [4.69, 9.17) is 4.74 Å². The Balaban J connectivity index is 1.98. The molecule has 3 rings (SSSR count). The van der Waals surface area contributed by atoms with Crippen molar-refractivity contribution in [2.24, 2.45) is 4.99 Å². The highest BCUT2D eigenvalue weighted by molar-refractivity contribution is 7.16. The van der Waals surface area contributed by atoms with E-state index in [9.17, 15) is 9.18 Å². The van der Waals surface area contributed by atoms with Crippen LogP contribution >= 0.6 is 11.3 Å². The Morgan fingerprint density at radius 2 is 2.08 bits per heavy atom. The minimum Gasteiger partial charge on any atom is -0.497 e. The number of fused-ring (bicyclic) bond motifs is 1. The van der Waals surface area contributed by atoms with Crippen molar-refractivity contribution in [1.29, 1.82) is 0 Å². The van der Waals surface area contributed by atoms with E-state index < -0.39 is 0 Å². The van der Waals surface area contributed by atoms with E-state index in [0.29, 0.717) is 11.3 Å². The van der Waals surface area contributed by atoms with Gasteiger partial charge in [-0.1, -0.05) is 29.5 Å². The van der Waals surface area contributed by atoms with Gasteiger partial charge in [0.25, 0.3) is 5.91 Å². The predicted molar refractivity (Wildman–Crippen MR) is 97.2 cm³/mol. The third-order valence-corrected chi connectivity index (χ3v) is 4.73. The second-order valence-electron chi connectivity index (χ2n) is 5.43. The van der Waals surface area contributed by atoms with Crippen molar-refractivity contribution in [2.45, 2.75) is 13.0 Å². The molecule has 0 bridgehead atoms. The summed E-state index contributed by atoms with van der Waals surface area (Å²) in [6, 6.07) is 11.6. The largest absolute Gasteiger partial charge is 0.497 e. The van der Waals surface area contributed by atoms with Crippen molar-refractivity contribution in [2.75, 3.05) is 7.11 Å². The Morgan fingerprint density at radius 1 is 1.32 bits per heavy atom. The van der Waals surface area contributed by atoms with Crippen molar-refractivity contribution in [1.82, 2.24) is 4.57 Å². The number of carbonyl (C=O) groups is 1. The van der Waals surface area contributed by atoms with Gasteiger partial charge in [0, 0.05) is 6.54 Å². The molecular formula is C19H17FN2O2S. The number of hydrogen-bond donors (Lipinski definition) is 0. The molecule has 0 saturated heterocycles.